The van der Waals surface area contributed by atoms with E-state index in [2.05, 4.69) is 71.5 Å². The number of aromatic nitrogens is 1. The Labute approximate surface area is 139 Å². The van der Waals surface area contributed by atoms with Gasteiger partial charge in [0.25, 0.3) is 0 Å². The van der Waals surface area contributed by atoms with Crippen LogP contribution >= 0.6 is 0 Å². The molecule has 0 amide bonds. The molecule has 2 heterocycles. The van der Waals surface area contributed by atoms with Gasteiger partial charge in [0, 0.05) is 30.4 Å². The molecule has 0 spiro atoms. The van der Waals surface area contributed by atoms with Gasteiger partial charge in [-0.25, -0.2) is 4.98 Å². The highest BCUT2D eigenvalue weighted by Crippen LogP contribution is 2.36. The second kappa shape index (κ2) is 7.60. The Bertz CT molecular complexity index is 611. The largest absolute Gasteiger partial charge is 0.367 e. The highest BCUT2D eigenvalue weighted by Gasteiger charge is 2.28. The number of pyridine rings is 1. The van der Waals surface area contributed by atoms with Crippen molar-refractivity contribution >= 4 is 5.82 Å². The Balaban J connectivity index is 1.80. The molecule has 1 saturated heterocycles. The van der Waals surface area contributed by atoms with E-state index >= 15 is 0 Å². The fourth-order valence-electron chi connectivity index (χ4n) is 3.33. The summed E-state index contributed by atoms with van der Waals surface area (Å²) in [6.07, 6.45) is 5.47. The van der Waals surface area contributed by atoms with E-state index in [1.54, 1.807) is 0 Å². The van der Waals surface area contributed by atoms with Crippen molar-refractivity contribution in [1.82, 2.24) is 9.88 Å². The number of likely N-dealkylation sites (tertiary alicyclic amines) is 1. The summed E-state index contributed by atoms with van der Waals surface area (Å²) in [6, 6.07) is 16.0. The molecule has 1 fully saturated rings. The van der Waals surface area contributed by atoms with E-state index in [0.29, 0.717) is 12.1 Å². The lowest BCUT2D eigenvalue weighted by molar-refractivity contribution is 0.248. The van der Waals surface area contributed by atoms with E-state index < -0.39 is 0 Å². The maximum absolute atomic E-state index is 4.61. The van der Waals surface area contributed by atoms with Crippen LogP contribution in [-0.2, 0) is 6.54 Å². The monoisotopic (exact) mass is 309 g/mol. The highest BCUT2D eigenvalue weighted by atomic mass is 15.2. The summed E-state index contributed by atoms with van der Waals surface area (Å²) in [5, 5.41) is 3.58. The van der Waals surface area contributed by atoms with Crippen molar-refractivity contribution in [2.45, 2.75) is 51.7 Å². The van der Waals surface area contributed by atoms with Gasteiger partial charge in [-0.3, -0.25) is 4.90 Å². The predicted octanol–water partition coefficient (Wildman–Crippen LogP) is 4.63. The first-order valence-electron chi connectivity index (χ1n) is 8.77. The lowest BCUT2D eigenvalue weighted by Crippen LogP contribution is -2.25. The van der Waals surface area contributed by atoms with E-state index in [0.717, 1.165) is 25.3 Å². The van der Waals surface area contributed by atoms with Crippen LogP contribution < -0.4 is 5.32 Å². The SMILES string of the molecule is CC[C@H](C)Nc1ncccc1[C@H]1CCCN1Cc1ccccc1. The second-order valence-corrected chi connectivity index (χ2v) is 6.51. The number of rotatable bonds is 6. The van der Waals surface area contributed by atoms with E-state index in [-0.39, 0.29) is 0 Å². The van der Waals surface area contributed by atoms with Gasteiger partial charge in [-0.2, -0.15) is 0 Å². The summed E-state index contributed by atoms with van der Waals surface area (Å²) in [5.41, 5.74) is 2.74. The molecule has 122 valence electrons. The maximum atomic E-state index is 4.61. The molecule has 3 nitrogen and oxygen atoms in total. The molecule has 0 bridgehead atoms. The number of nitrogens with one attached hydrogen (secondary N) is 1. The van der Waals surface area contributed by atoms with Crippen molar-refractivity contribution in [3.8, 4) is 0 Å². The number of anilines is 1. The molecule has 0 aliphatic carbocycles. The lowest BCUT2D eigenvalue weighted by Gasteiger charge is -2.27. The zero-order valence-corrected chi connectivity index (χ0v) is 14.2. The maximum Gasteiger partial charge on any atom is 0.130 e. The van der Waals surface area contributed by atoms with Gasteiger partial charge in [-0.05, 0) is 44.4 Å². The number of nitrogens with zero attached hydrogens (tertiary/aromatic N) is 2. The Morgan fingerprint density at radius 3 is 2.83 bits per heavy atom. The van der Waals surface area contributed by atoms with Crippen LogP contribution in [0.15, 0.2) is 48.7 Å². The molecular formula is C20H27N3. The van der Waals surface area contributed by atoms with Crippen molar-refractivity contribution < 1.29 is 0 Å². The molecule has 3 rings (SSSR count). The van der Waals surface area contributed by atoms with Crippen LogP contribution in [0, 0.1) is 0 Å². The van der Waals surface area contributed by atoms with E-state index in [1.165, 1.54) is 24.0 Å². The second-order valence-electron chi connectivity index (χ2n) is 6.51. The van der Waals surface area contributed by atoms with Crippen LogP contribution in [-0.4, -0.2) is 22.5 Å². The summed E-state index contributed by atoms with van der Waals surface area (Å²) in [5.74, 6) is 1.06. The highest BCUT2D eigenvalue weighted by molar-refractivity contribution is 5.46. The third kappa shape index (κ3) is 3.91. The molecule has 1 aliphatic heterocycles. The number of benzene rings is 1. The number of hydrogen-bond acceptors (Lipinski definition) is 3. The van der Waals surface area contributed by atoms with Crippen LogP contribution in [0.1, 0.15) is 50.3 Å². The molecule has 0 unspecified atom stereocenters. The molecule has 3 heteroatoms. The molecule has 0 saturated carbocycles. The normalized spacial score (nSPS) is 19.7. The fourth-order valence-corrected chi connectivity index (χ4v) is 3.33. The van der Waals surface area contributed by atoms with Crippen LogP contribution in [0.3, 0.4) is 0 Å². The third-order valence-electron chi connectivity index (χ3n) is 4.79. The molecule has 0 radical (unpaired) electrons. The first-order chi connectivity index (χ1) is 11.3. The first kappa shape index (κ1) is 16.0. The van der Waals surface area contributed by atoms with E-state index in [4.69, 9.17) is 0 Å². The molecule has 1 aromatic heterocycles. The average molecular weight is 309 g/mol. The number of hydrogen-bond donors (Lipinski definition) is 1. The van der Waals surface area contributed by atoms with Crippen LogP contribution in [0.2, 0.25) is 0 Å². The van der Waals surface area contributed by atoms with Crippen LogP contribution in [0.25, 0.3) is 0 Å². The summed E-state index contributed by atoms with van der Waals surface area (Å²) >= 11 is 0. The van der Waals surface area contributed by atoms with E-state index in [1.807, 2.05) is 6.20 Å². The minimum atomic E-state index is 0.452. The zero-order chi connectivity index (χ0) is 16.1. The smallest absolute Gasteiger partial charge is 0.130 e. The van der Waals surface area contributed by atoms with Crippen molar-refractivity contribution in [1.29, 1.82) is 0 Å². The van der Waals surface area contributed by atoms with Crippen molar-refractivity contribution in [2.75, 3.05) is 11.9 Å². The lowest BCUT2D eigenvalue weighted by atomic mass is 10.0. The standard InChI is InChI=1S/C20H27N3/c1-3-16(2)22-20-18(11-7-13-21-20)19-12-8-14-23(19)15-17-9-5-4-6-10-17/h4-7,9-11,13,16,19H,3,8,12,14-15H2,1-2H3,(H,21,22)/t16-,19+/m0/s1. The molecule has 1 N–H and O–H groups in total. The summed E-state index contributed by atoms with van der Waals surface area (Å²) in [4.78, 5) is 7.21. The van der Waals surface area contributed by atoms with Gasteiger partial charge in [0.2, 0.25) is 0 Å². The van der Waals surface area contributed by atoms with E-state index in [9.17, 15) is 0 Å². The van der Waals surface area contributed by atoms with Crippen molar-refractivity contribution in [2.24, 2.45) is 0 Å². The minimum Gasteiger partial charge on any atom is -0.367 e. The van der Waals surface area contributed by atoms with Gasteiger partial charge in [0.05, 0.1) is 0 Å². The Kier molecular flexibility index (Phi) is 5.29. The third-order valence-corrected chi connectivity index (χ3v) is 4.79. The van der Waals surface area contributed by atoms with Gasteiger partial charge in [0.1, 0.15) is 5.82 Å². The molecular weight excluding hydrogens is 282 g/mol. The quantitative estimate of drug-likeness (QED) is 0.843. The van der Waals surface area contributed by atoms with Gasteiger partial charge < -0.3 is 5.32 Å². The van der Waals surface area contributed by atoms with Gasteiger partial charge >= 0.3 is 0 Å². The van der Waals surface area contributed by atoms with Gasteiger partial charge in [-0.1, -0.05) is 43.3 Å². The molecule has 23 heavy (non-hydrogen) atoms. The zero-order valence-electron chi connectivity index (χ0n) is 14.2. The first-order valence-corrected chi connectivity index (χ1v) is 8.77. The van der Waals surface area contributed by atoms with Crippen molar-refractivity contribution in [3.63, 3.8) is 0 Å². The molecule has 2 atom stereocenters. The summed E-state index contributed by atoms with van der Waals surface area (Å²) in [6.45, 7) is 6.60. The minimum absolute atomic E-state index is 0.452. The molecule has 1 aliphatic rings. The van der Waals surface area contributed by atoms with Gasteiger partial charge in [0.15, 0.2) is 0 Å². The molecule has 1 aromatic carbocycles. The predicted molar refractivity (Wildman–Crippen MR) is 96.4 cm³/mol. The Morgan fingerprint density at radius 2 is 2.04 bits per heavy atom. The topological polar surface area (TPSA) is 28.2 Å². The Morgan fingerprint density at radius 1 is 1.22 bits per heavy atom. The average Bonchev–Trinajstić information content (AvgIpc) is 3.04. The summed E-state index contributed by atoms with van der Waals surface area (Å²) in [7, 11) is 0. The fraction of sp³-hybridized carbons (Fsp3) is 0.450. The Hall–Kier alpha value is -1.87. The van der Waals surface area contributed by atoms with Crippen LogP contribution in [0.5, 0.6) is 0 Å². The van der Waals surface area contributed by atoms with Crippen molar-refractivity contribution in [3.05, 3.63) is 59.8 Å². The van der Waals surface area contributed by atoms with Gasteiger partial charge in [-0.15, -0.1) is 0 Å². The molecule has 2 aromatic rings. The van der Waals surface area contributed by atoms with Crippen LogP contribution in [0.4, 0.5) is 5.82 Å². The summed E-state index contributed by atoms with van der Waals surface area (Å²) < 4.78 is 0.